The van der Waals surface area contributed by atoms with Crippen LogP contribution < -0.4 is 10.2 Å². The van der Waals surface area contributed by atoms with E-state index in [0.29, 0.717) is 23.1 Å². The normalized spacial score (nSPS) is 9.23. The monoisotopic (exact) mass is 310 g/mol. The average Bonchev–Trinajstić information content (AvgIpc) is 2.55. The number of anilines is 1. The van der Waals surface area contributed by atoms with E-state index in [2.05, 4.69) is 10.5 Å². The van der Waals surface area contributed by atoms with Crippen LogP contribution in [-0.4, -0.2) is 5.71 Å². The maximum atomic E-state index is 8.62. The summed E-state index contributed by atoms with van der Waals surface area (Å²) in [5, 5.41) is 21.5. The number of benzene rings is 2. The molecule has 5 nitrogen and oxygen atoms in total. The van der Waals surface area contributed by atoms with Crippen LogP contribution in [0.25, 0.3) is 0 Å². The van der Waals surface area contributed by atoms with E-state index < -0.39 is 0 Å². The molecule has 0 unspecified atom stereocenters. The number of halogens is 1. The van der Waals surface area contributed by atoms with E-state index >= 15 is 0 Å². The summed E-state index contributed by atoms with van der Waals surface area (Å²) in [6, 6.07) is 17.9. The van der Waals surface area contributed by atoms with E-state index in [9.17, 15) is 0 Å². The summed E-state index contributed by atoms with van der Waals surface area (Å²) in [6.45, 7) is 0.340. The van der Waals surface area contributed by atoms with Crippen LogP contribution >= 0.6 is 11.6 Å². The minimum atomic E-state index is -0.238. The van der Waals surface area contributed by atoms with E-state index in [0.717, 1.165) is 5.56 Å². The number of hydrogen-bond donors (Lipinski definition) is 1. The van der Waals surface area contributed by atoms with Crippen molar-refractivity contribution in [2.24, 2.45) is 5.10 Å². The number of hydrogen-bond acceptors (Lipinski definition) is 5. The van der Waals surface area contributed by atoms with Crippen molar-refractivity contribution in [1.82, 2.24) is 0 Å². The van der Waals surface area contributed by atoms with Gasteiger partial charge in [0.2, 0.25) is 5.71 Å². The van der Waals surface area contributed by atoms with E-state index in [1.807, 2.05) is 30.3 Å². The first-order valence-corrected chi connectivity index (χ1v) is 6.71. The Morgan fingerprint density at radius 3 is 2.64 bits per heavy atom. The van der Waals surface area contributed by atoms with Gasteiger partial charge in [-0.2, -0.15) is 15.6 Å². The molecule has 0 aliphatic carbocycles. The lowest BCUT2D eigenvalue weighted by atomic mass is 10.2. The Hall–Kier alpha value is -3.02. The predicted octanol–water partition coefficient (Wildman–Crippen LogP) is 3.73. The Labute approximate surface area is 133 Å². The van der Waals surface area contributed by atoms with Crippen molar-refractivity contribution in [3.8, 4) is 17.9 Å². The molecule has 0 atom stereocenters. The fraction of sp³-hybridized carbons (Fsp3) is 0.0625. The second kappa shape index (κ2) is 7.68. The molecule has 1 N–H and O–H groups in total. The first-order chi connectivity index (χ1) is 10.7. The van der Waals surface area contributed by atoms with Crippen molar-refractivity contribution in [2.45, 2.75) is 6.61 Å². The summed E-state index contributed by atoms with van der Waals surface area (Å²) in [5.41, 5.74) is 3.97. The molecule has 0 saturated carbocycles. The van der Waals surface area contributed by atoms with Gasteiger partial charge in [0, 0.05) is 0 Å². The Morgan fingerprint density at radius 1 is 1.14 bits per heavy atom. The van der Waals surface area contributed by atoms with Crippen LogP contribution in [-0.2, 0) is 6.61 Å². The van der Waals surface area contributed by atoms with Crippen LogP contribution in [0.4, 0.5) is 5.69 Å². The van der Waals surface area contributed by atoms with Gasteiger partial charge in [0.25, 0.3) is 0 Å². The number of nitrogens with one attached hydrogen (secondary N) is 1. The highest BCUT2D eigenvalue weighted by Crippen LogP contribution is 2.24. The molecule has 0 aliphatic rings. The van der Waals surface area contributed by atoms with Gasteiger partial charge in [-0.15, -0.1) is 0 Å². The molecule has 2 aromatic rings. The molecule has 2 aromatic carbocycles. The molecule has 0 amide bonds. The second-order valence-corrected chi connectivity index (χ2v) is 4.62. The van der Waals surface area contributed by atoms with Gasteiger partial charge < -0.3 is 4.74 Å². The highest BCUT2D eigenvalue weighted by molar-refractivity contribution is 6.32. The third kappa shape index (κ3) is 4.24. The highest BCUT2D eigenvalue weighted by atomic mass is 35.5. The topological polar surface area (TPSA) is 81.2 Å². The molecular formula is C16H11ClN4O. The third-order valence-electron chi connectivity index (χ3n) is 2.67. The van der Waals surface area contributed by atoms with Crippen molar-refractivity contribution in [1.29, 1.82) is 10.5 Å². The van der Waals surface area contributed by atoms with Gasteiger partial charge >= 0.3 is 0 Å². The van der Waals surface area contributed by atoms with Crippen molar-refractivity contribution in [3.05, 3.63) is 59.1 Å². The van der Waals surface area contributed by atoms with Crippen molar-refractivity contribution in [3.63, 3.8) is 0 Å². The van der Waals surface area contributed by atoms with Gasteiger partial charge in [0.15, 0.2) is 0 Å². The Balaban J connectivity index is 2.03. The van der Waals surface area contributed by atoms with Crippen LogP contribution in [0, 0.1) is 22.7 Å². The Bertz CT molecular complexity index is 758. The van der Waals surface area contributed by atoms with E-state index in [-0.39, 0.29) is 5.71 Å². The van der Waals surface area contributed by atoms with E-state index in [1.54, 1.807) is 30.3 Å². The summed E-state index contributed by atoms with van der Waals surface area (Å²) < 4.78 is 5.65. The lowest BCUT2D eigenvalue weighted by Crippen LogP contribution is -1.99. The van der Waals surface area contributed by atoms with Gasteiger partial charge in [-0.3, -0.25) is 5.43 Å². The molecule has 0 aromatic heterocycles. The molecule has 2 rings (SSSR count). The molecule has 0 radical (unpaired) electrons. The average molecular weight is 311 g/mol. The van der Waals surface area contributed by atoms with E-state index in [4.69, 9.17) is 26.9 Å². The second-order valence-electron chi connectivity index (χ2n) is 4.22. The smallest absolute Gasteiger partial charge is 0.237 e. The molecule has 6 heteroatoms. The van der Waals surface area contributed by atoms with Gasteiger partial charge in [-0.1, -0.05) is 35.9 Å². The number of nitriles is 2. The number of ether oxygens (including phenoxy) is 1. The predicted molar refractivity (Wildman–Crippen MR) is 84.5 cm³/mol. The zero-order valence-electron chi connectivity index (χ0n) is 11.5. The Morgan fingerprint density at radius 2 is 1.91 bits per heavy atom. The minimum Gasteiger partial charge on any atom is -0.487 e. The van der Waals surface area contributed by atoms with Crippen molar-refractivity contribution >= 4 is 23.0 Å². The SMILES string of the molecule is N#CC(C#N)=NNc1cccc(COc2ccccc2Cl)c1. The van der Waals surface area contributed by atoms with Gasteiger partial charge in [0.05, 0.1) is 10.7 Å². The lowest BCUT2D eigenvalue weighted by Gasteiger charge is -2.09. The van der Waals surface area contributed by atoms with Crippen molar-refractivity contribution < 1.29 is 4.74 Å². The maximum absolute atomic E-state index is 8.62. The summed E-state index contributed by atoms with van der Waals surface area (Å²) in [4.78, 5) is 0. The molecule has 108 valence electrons. The first-order valence-electron chi connectivity index (χ1n) is 6.33. The number of rotatable bonds is 5. The summed E-state index contributed by atoms with van der Waals surface area (Å²) in [5.74, 6) is 0.608. The number of hydrazone groups is 1. The molecule has 0 bridgehead atoms. The minimum absolute atomic E-state index is 0.238. The highest BCUT2D eigenvalue weighted by Gasteiger charge is 2.01. The largest absolute Gasteiger partial charge is 0.487 e. The molecule has 22 heavy (non-hydrogen) atoms. The zero-order valence-corrected chi connectivity index (χ0v) is 12.2. The Kier molecular flexibility index (Phi) is 5.37. The van der Waals surface area contributed by atoms with E-state index in [1.165, 1.54) is 0 Å². The van der Waals surface area contributed by atoms with Gasteiger partial charge in [-0.25, -0.2) is 0 Å². The summed E-state index contributed by atoms with van der Waals surface area (Å²) in [7, 11) is 0. The first kappa shape index (κ1) is 15.4. The van der Waals surface area contributed by atoms with Crippen molar-refractivity contribution in [2.75, 3.05) is 5.43 Å². The van der Waals surface area contributed by atoms with Crippen LogP contribution in [0.3, 0.4) is 0 Å². The summed E-state index contributed by atoms with van der Waals surface area (Å²) in [6.07, 6.45) is 0. The standard InChI is InChI=1S/C16H11ClN4O/c17-15-6-1-2-7-16(15)22-11-12-4-3-5-13(8-12)20-21-14(9-18)10-19/h1-8,20H,11H2. The fourth-order valence-electron chi connectivity index (χ4n) is 1.65. The molecule has 0 fully saturated rings. The number of para-hydroxylation sites is 1. The fourth-order valence-corrected chi connectivity index (χ4v) is 1.84. The quantitative estimate of drug-likeness (QED) is 0.674. The van der Waals surface area contributed by atoms with Crippen LogP contribution in [0.2, 0.25) is 5.02 Å². The number of nitrogens with zero attached hydrogens (tertiary/aromatic N) is 3. The zero-order chi connectivity index (χ0) is 15.8. The van der Waals surface area contributed by atoms with Gasteiger partial charge in [-0.05, 0) is 29.8 Å². The molecular weight excluding hydrogens is 300 g/mol. The third-order valence-corrected chi connectivity index (χ3v) is 2.98. The van der Waals surface area contributed by atoms with Crippen LogP contribution in [0.15, 0.2) is 53.6 Å². The molecule has 0 saturated heterocycles. The lowest BCUT2D eigenvalue weighted by molar-refractivity contribution is 0.306. The van der Waals surface area contributed by atoms with Gasteiger partial charge in [0.1, 0.15) is 24.5 Å². The van der Waals surface area contributed by atoms with Crippen LogP contribution in [0.5, 0.6) is 5.75 Å². The summed E-state index contributed by atoms with van der Waals surface area (Å²) >= 11 is 6.02. The van der Waals surface area contributed by atoms with Crippen LogP contribution in [0.1, 0.15) is 5.56 Å². The maximum Gasteiger partial charge on any atom is 0.237 e. The molecule has 0 heterocycles. The molecule has 0 aliphatic heterocycles. The molecule has 0 spiro atoms.